The zero-order valence-electron chi connectivity index (χ0n) is 17.7. The second-order valence-electron chi connectivity index (χ2n) is 8.64. The van der Waals surface area contributed by atoms with Gasteiger partial charge in [-0.1, -0.05) is 71.2 Å². The molecule has 0 bridgehead atoms. The maximum Gasteiger partial charge on any atom is 0.241 e. The maximum absolute atomic E-state index is 13.9. The number of ether oxygens (including phenoxy) is 1. The number of imide groups is 1. The first-order chi connectivity index (χ1) is 16.8. The number of benzene rings is 3. The molecular formula is C26H14Cl3NO5. The lowest BCUT2D eigenvalue weighted by molar-refractivity contribution is -0.127. The number of halogens is 3. The number of fused-ring (bicyclic) bond motifs is 3. The summed E-state index contributed by atoms with van der Waals surface area (Å²) in [6.45, 7) is 0. The van der Waals surface area contributed by atoms with Gasteiger partial charge in [0.25, 0.3) is 0 Å². The number of rotatable bonds is 2. The summed E-state index contributed by atoms with van der Waals surface area (Å²) in [5.41, 5.74) is -1.09. The van der Waals surface area contributed by atoms with Crippen molar-refractivity contribution in [2.75, 3.05) is 4.90 Å². The third kappa shape index (κ3) is 2.94. The van der Waals surface area contributed by atoms with Crippen molar-refractivity contribution in [3.8, 4) is 0 Å². The van der Waals surface area contributed by atoms with Crippen LogP contribution in [0.25, 0.3) is 0 Å². The summed E-state index contributed by atoms with van der Waals surface area (Å²) in [5.74, 6) is -5.00. The van der Waals surface area contributed by atoms with Gasteiger partial charge < -0.3 is 4.74 Å². The van der Waals surface area contributed by atoms with E-state index in [-0.39, 0.29) is 26.9 Å². The summed E-state index contributed by atoms with van der Waals surface area (Å²) in [7, 11) is 0. The summed E-state index contributed by atoms with van der Waals surface area (Å²) in [6, 6.07) is 17.2. The second kappa shape index (κ2) is 7.73. The zero-order valence-corrected chi connectivity index (χ0v) is 20.0. The van der Waals surface area contributed by atoms with E-state index in [1.54, 1.807) is 36.4 Å². The third-order valence-electron chi connectivity index (χ3n) is 6.88. The Labute approximate surface area is 214 Å². The fourth-order valence-electron chi connectivity index (χ4n) is 5.35. The van der Waals surface area contributed by atoms with E-state index >= 15 is 0 Å². The van der Waals surface area contributed by atoms with Crippen LogP contribution in [0.15, 0.2) is 66.7 Å². The van der Waals surface area contributed by atoms with Gasteiger partial charge in [0, 0.05) is 16.1 Å². The topological polar surface area (TPSA) is 80.8 Å². The Bertz CT molecular complexity index is 1430. The molecule has 3 aromatic rings. The smallest absolute Gasteiger partial charge is 0.241 e. The molecule has 6 rings (SSSR count). The summed E-state index contributed by atoms with van der Waals surface area (Å²) < 4.78 is 6.22. The van der Waals surface area contributed by atoms with Gasteiger partial charge in [-0.15, -0.1) is 0 Å². The summed E-state index contributed by atoms with van der Waals surface area (Å²) in [4.78, 5) is 56.0. The van der Waals surface area contributed by atoms with Gasteiger partial charge in [-0.25, -0.2) is 4.90 Å². The molecule has 2 aliphatic heterocycles. The number of ketones is 2. The molecule has 35 heavy (non-hydrogen) atoms. The molecule has 3 aliphatic rings. The van der Waals surface area contributed by atoms with Crippen LogP contribution in [-0.4, -0.2) is 29.0 Å². The lowest BCUT2D eigenvalue weighted by atomic mass is 9.77. The summed E-state index contributed by atoms with van der Waals surface area (Å²) >= 11 is 18.2. The summed E-state index contributed by atoms with van der Waals surface area (Å²) in [5, 5.41) is 0.873. The molecule has 2 amide bonds. The molecule has 0 saturated carbocycles. The minimum Gasteiger partial charge on any atom is -0.349 e. The standard InChI is InChI=1S/C26H14Cl3NO5/c27-13-7-5-12(6-8-13)21-19-20(25(34)30(24(19)33)14-9-10-17(28)18(29)11-14)26(35-21)22(31)15-3-1-2-4-16(15)23(26)32/h1-11,19-21H/t19-,20-,21+/m1/s1. The van der Waals surface area contributed by atoms with E-state index in [1.165, 1.54) is 30.3 Å². The lowest BCUT2D eigenvalue weighted by Crippen LogP contribution is -2.51. The number of carbonyl (C=O) groups excluding carboxylic acids is 4. The Balaban J connectivity index is 1.54. The van der Waals surface area contributed by atoms with E-state index in [1.807, 2.05) is 0 Å². The van der Waals surface area contributed by atoms with Crippen LogP contribution in [0.2, 0.25) is 15.1 Å². The van der Waals surface area contributed by atoms with Gasteiger partial charge in [0.05, 0.1) is 33.7 Å². The van der Waals surface area contributed by atoms with Crippen LogP contribution < -0.4 is 4.90 Å². The highest BCUT2D eigenvalue weighted by Crippen LogP contribution is 2.57. The molecule has 0 N–H and O–H groups in total. The van der Waals surface area contributed by atoms with Gasteiger partial charge in [-0.05, 0) is 35.9 Å². The molecule has 2 heterocycles. The largest absolute Gasteiger partial charge is 0.349 e. The van der Waals surface area contributed by atoms with Gasteiger partial charge in [0.15, 0.2) is 0 Å². The molecule has 0 radical (unpaired) electrons. The highest BCUT2D eigenvalue weighted by Gasteiger charge is 2.74. The van der Waals surface area contributed by atoms with Crippen LogP contribution in [-0.2, 0) is 14.3 Å². The number of nitrogens with zero attached hydrogens (tertiary/aromatic N) is 1. The normalized spacial score (nSPS) is 24.4. The highest BCUT2D eigenvalue weighted by atomic mass is 35.5. The number of hydrogen-bond acceptors (Lipinski definition) is 5. The number of amides is 2. The quantitative estimate of drug-likeness (QED) is 0.333. The van der Waals surface area contributed by atoms with E-state index in [0.717, 1.165) is 4.90 Å². The average molecular weight is 527 g/mol. The molecule has 3 aromatic carbocycles. The first kappa shape index (κ1) is 22.4. The molecule has 0 aromatic heterocycles. The van der Waals surface area contributed by atoms with Crippen LogP contribution in [0.4, 0.5) is 5.69 Å². The van der Waals surface area contributed by atoms with E-state index < -0.39 is 46.9 Å². The number of carbonyl (C=O) groups is 4. The van der Waals surface area contributed by atoms with E-state index in [4.69, 9.17) is 39.5 Å². The predicted molar refractivity (Wildman–Crippen MR) is 129 cm³/mol. The lowest BCUT2D eigenvalue weighted by Gasteiger charge is -2.27. The van der Waals surface area contributed by atoms with Gasteiger partial charge in [-0.2, -0.15) is 0 Å². The maximum atomic E-state index is 13.9. The Morgan fingerprint density at radius 3 is 1.97 bits per heavy atom. The minimum absolute atomic E-state index is 0.155. The Kier molecular flexibility index (Phi) is 4.96. The molecule has 3 atom stereocenters. The van der Waals surface area contributed by atoms with Crippen LogP contribution in [0, 0.1) is 11.8 Å². The van der Waals surface area contributed by atoms with Crippen molar-refractivity contribution < 1.29 is 23.9 Å². The SMILES string of the molecule is O=C1[C@H]2[C@H](c3ccc(Cl)cc3)OC3(C(=O)c4ccccc4C3=O)[C@H]2C(=O)N1c1ccc(Cl)c(Cl)c1. The van der Waals surface area contributed by atoms with E-state index in [9.17, 15) is 19.2 Å². The van der Waals surface area contributed by atoms with E-state index in [0.29, 0.717) is 10.6 Å². The highest BCUT2D eigenvalue weighted by molar-refractivity contribution is 6.42. The van der Waals surface area contributed by atoms with Crippen molar-refractivity contribution in [1.29, 1.82) is 0 Å². The first-order valence-electron chi connectivity index (χ1n) is 10.7. The molecule has 1 aliphatic carbocycles. The molecular weight excluding hydrogens is 513 g/mol. The molecule has 0 unspecified atom stereocenters. The fraction of sp³-hybridized carbons (Fsp3) is 0.154. The van der Waals surface area contributed by atoms with Gasteiger partial charge in [-0.3, -0.25) is 19.2 Å². The molecule has 2 fully saturated rings. The molecule has 1 spiro atoms. The molecule has 6 nitrogen and oxygen atoms in total. The Morgan fingerprint density at radius 1 is 0.743 bits per heavy atom. The van der Waals surface area contributed by atoms with Gasteiger partial charge >= 0.3 is 0 Å². The van der Waals surface area contributed by atoms with Crippen LogP contribution in [0.3, 0.4) is 0 Å². The van der Waals surface area contributed by atoms with E-state index in [2.05, 4.69) is 0 Å². The minimum atomic E-state index is -2.14. The number of hydrogen-bond donors (Lipinski definition) is 0. The van der Waals surface area contributed by atoms with Gasteiger partial charge in [0.1, 0.15) is 0 Å². The van der Waals surface area contributed by atoms with Gasteiger partial charge in [0.2, 0.25) is 29.0 Å². The monoisotopic (exact) mass is 525 g/mol. The number of Topliss-reactive ketones (excluding diaryl/α,β-unsaturated/α-hetero) is 2. The fourth-order valence-corrected chi connectivity index (χ4v) is 5.77. The van der Waals surface area contributed by atoms with Crippen LogP contribution in [0.5, 0.6) is 0 Å². The van der Waals surface area contributed by atoms with Crippen molar-refractivity contribution >= 4 is 63.9 Å². The predicted octanol–water partition coefficient (Wildman–Crippen LogP) is 5.34. The zero-order chi connectivity index (χ0) is 24.6. The molecule has 174 valence electrons. The molecule has 9 heteroatoms. The summed E-state index contributed by atoms with van der Waals surface area (Å²) in [6.07, 6.45) is -1.02. The van der Waals surface area contributed by atoms with Crippen LogP contribution >= 0.6 is 34.8 Å². The van der Waals surface area contributed by atoms with Crippen molar-refractivity contribution in [3.05, 3.63) is 98.5 Å². The number of anilines is 1. The van der Waals surface area contributed by atoms with Crippen molar-refractivity contribution in [2.24, 2.45) is 11.8 Å². The average Bonchev–Trinajstić information content (AvgIpc) is 3.41. The Hall–Kier alpha value is -3.03. The molecule has 2 saturated heterocycles. The van der Waals surface area contributed by atoms with Crippen molar-refractivity contribution in [3.63, 3.8) is 0 Å². The van der Waals surface area contributed by atoms with Crippen LogP contribution in [0.1, 0.15) is 32.4 Å². The van der Waals surface area contributed by atoms with Crippen molar-refractivity contribution in [1.82, 2.24) is 0 Å². The van der Waals surface area contributed by atoms with Crippen molar-refractivity contribution in [2.45, 2.75) is 11.7 Å². The Morgan fingerprint density at radius 2 is 1.37 bits per heavy atom. The third-order valence-corrected chi connectivity index (χ3v) is 7.87. The second-order valence-corrected chi connectivity index (χ2v) is 9.89. The first-order valence-corrected chi connectivity index (χ1v) is 11.8.